The predicted octanol–water partition coefficient (Wildman–Crippen LogP) is 4.56. The SMILES string of the molecule is C=CCOc1ccc(C2C(C(=O)OCC)=C(C)N=c3s/c(=C/c4ccc(OCC)c(OCC)c4)c(=O)n32)cc1OCC. The summed E-state index contributed by atoms with van der Waals surface area (Å²) in [4.78, 5) is 32.4. The number of aromatic nitrogens is 1. The molecule has 2 aromatic carbocycles. The lowest BCUT2D eigenvalue weighted by atomic mass is 9.95. The van der Waals surface area contributed by atoms with E-state index in [1.165, 1.54) is 11.3 Å². The number of nitrogens with zero attached hydrogens (tertiary/aromatic N) is 2. The average Bonchev–Trinajstić information content (AvgIpc) is 3.27. The second kappa shape index (κ2) is 14.0. The van der Waals surface area contributed by atoms with Crippen LogP contribution in [-0.2, 0) is 9.53 Å². The number of ether oxygens (including phenoxy) is 5. The van der Waals surface area contributed by atoms with E-state index >= 15 is 0 Å². The Morgan fingerprint density at radius 2 is 1.57 bits per heavy atom. The zero-order valence-corrected chi connectivity index (χ0v) is 25.4. The molecule has 1 aliphatic heterocycles. The molecule has 222 valence electrons. The Labute approximate surface area is 249 Å². The van der Waals surface area contributed by atoms with Crippen molar-refractivity contribution in [2.24, 2.45) is 4.99 Å². The highest BCUT2D eigenvalue weighted by atomic mass is 32.1. The van der Waals surface area contributed by atoms with Gasteiger partial charge in [0.15, 0.2) is 27.8 Å². The molecule has 42 heavy (non-hydrogen) atoms. The number of fused-ring (bicyclic) bond motifs is 1. The second-order valence-corrected chi connectivity index (χ2v) is 10.1. The van der Waals surface area contributed by atoms with Gasteiger partial charge in [0.25, 0.3) is 5.56 Å². The molecule has 0 fully saturated rings. The van der Waals surface area contributed by atoms with Gasteiger partial charge in [-0.15, -0.1) is 0 Å². The quantitative estimate of drug-likeness (QED) is 0.212. The molecular formula is C32H36N2O7S. The molecule has 1 aromatic heterocycles. The van der Waals surface area contributed by atoms with E-state index in [4.69, 9.17) is 23.7 Å². The van der Waals surface area contributed by atoms with E-state index in [0.717, 1.165) is 5.56 Å². The van der Waals surface area contributed by atoms with Gasteiger partial charge < -0.3 is 23.7 Å². The van der Waals surface area contributed by atoms with Gasteiger partial charge in [-0.1, -0.05) is 36.1 Å². The number of benzene rings is 2. The standard InChI is InChI=1S/C32H36N2O7S/c1-7-16-41-24-15-13-22(19-26(24)39-10-4)29-28(31(36)40-11-5)20(6)33-32-34(29)30(35)27(42-32)18-21-12-14-23(37-8-2)25(17-21)38-9-3/h7,12-15,17-19,29H,1,8-11,16H2,2-6H3/b27-18+. The average molecular weight is 593 g/mol. The van der Waals surface area contributed by atoms with Crippen molar-refractivity contribution in [2.75, 3.05) is 33.0 Å². The van der Waals surface area contributed by atoms with Crippen LogP contribution in [0.25, 0.3) is 6.08 Å². The maximum Gasteiger partial charge on any atom is 0.338 e. The van der Waals surface area contributed by atoms with Gasteiger partial charge in [-0.3, -0.25) is 9.36 Å². The molecule has 0 bridgehead atoms. The molecule has 0 radical (unpaired) electrons. The lowest BCUT2D eigenvalue weighted by molar-refractivity contribution is -0.139. The Balaban J connectivity index is 1.90. The normalized spacial score (nSPS) is 14.6. The van der Waals surface area contributed by atoms with Gasteiger partial charge in [-0.05, 0) is 76.1 Å². The van der Waals surface area contributed by atoms with Crippen LogP contribution >= 0.6 is 11.3 Å². The fourth-order valence-corrected chi connectivity index (χ4v) is 5.69. The van der Waals surface area contributed by atoms with Gasteiger partial charge >= 0.3 is 5.97 Å². The number of thiazole rings is 1. The van der Waals surface area contributed by atoms with Gasteiger partial charge in [0, 0.05) is 0 Å². The third-order valence-electron chi connectivity index (χ3n) is 6.32. The van der Waals surface area contributed by atoms with E-state index in [1.54, 1.807) is 42.7 Å². The zero-order chi connectivity index (χ0) is 30.2. The van der Waals surface area contributed by atoms with Crippen LogP contribution in [-0.4, -0.2) is 43.6 Å². The molecule has 0 saturated carbocycles. The molecule has 1 atom stereocenters. The minimum Gasteiger partial charge on any atom is -0.490 e. The molecule has 0 aliphatic carbocycles. The third kappa shape index (κ3) is 6.44. The van der Waals surface area contributed by atoms with Crippen molar-refractivity contribution in [1.29, 1.82) is 0 Å². The number of hydrogen-bond acceptors (Lipinski definition) is 9. The number of allylic oxidation sites excluding steroid dienone is 1. The van der Waals surface area contributed by atoms with Gasteiger partial charge in [0.1, 0.15) is 6.61 Å². The monoisotopic (exact) mass is 592 g/mol. The van der Waals surface area contributed by atoms with E-state index in [2.05, 4.69) is 11.6 Å². The lowest BCUT2D eigenvalue weighted by Crippen LogP contribution is -2.40. The van der Waals surface area contributed by atoms with Crippen molar-refractivity contribution in [3.8, 4) is 23.0 Å². The number of esters is 1. The minimum atomic E-state index is -0.783. The van der Waals surface area contributed by atoms with Crippen molar-refractivity contribution in [3.63, 3.8) is 0 Å². The summed E-state index contributed by atoms with van der Waals surface area (Å²) in [6.45, 7) is 14.8. The number of carbonyl (C=O) groups is 1. The Hall–Kier alpha value is -4.31. The number of carbonyl (C=O) groups excluding carboxylic acids is 1. The molecule has 3 aromatic rings. The highest BCUT2D eigenvalue weighted by Crippen LogP contribution is 2.36. The van der Waals surface area contributed by atoms with E-state index in [1.807, 2.05) is 45.0 Å². The first-order chi connectivity index (χ1) is 20.4. The first-order valence-electron chi connectivity index (χ1n) is 14.0. The van der Waals surface area contributed by atoms with Crippen molar-refractivity contribution in [1.82, 2.24) is 4.57 Å². The summed E-state index contributed by atoms with van der Waals surface area (Å²) in [7, 11) is 0. The third-order valence-corrected chi connectivity index (χ3v) is 7.31. The Bertz CT molecular complexity index is 1670. The first kappa shape index (κ1) is 30.6. The summed E-state index contributed by atoms with van der Waals surface area (Å²) in [6, 6.07) is 10.1. The van der Waals surface area contributed by atoms with Crippen molar-refractivity contribution in [3.05, 3.63) is 91.1 Å². The van der Waals surface area contributed by atoms with Crippen LogP contribution in [0.1, 0.15) is 51.8 Å². The predicted molar refractivity (Wildman–Crippen MR) is 162 cm³/mol. The van der Waals surface area contributed by atoms with E-state index in [0.29, 0.717) is 70.0 Å². The summed E-state index contributed by atoms with van der Waals surface area (Å²) in [5.41, 5.74) is 1.92. The van der Waals surface area contributed by atoms with E-state index in [-0.39, 0.29) is 17.7 Å². The van der Waals surface area contributed by atoms with Gasteiger partial charge in [0.2, 0.25) is 0 Å². The molecule has 4 rings (SSSR count). The minimum absolute atomic E-state index is 0.186. The zero-order valence-electron chi connectivity index (χ0n) is 24.6. The fourth-order valence-electron chi connectivity index (χ4n) is 4.65. The molecule has 9 nitrogen and oxygen atoms in total. The van der Waals surface area contributed by atoms with Crippen LogP contribution in [0.3, 0.4) is 0 Å². The first-order valence-corrected chi connectivity index (χ1v) is 14.8. The maximum absolute atomic E-state index is 14.0. The van der Waals surface area contributed by atoms with Crippen molar-refractivity contribution >= 4 is 23.4 Å². The van der Waals surface area contributed by atoms with Crippen LogP contribution in [0.2, 0.25) is 0 Å². The Morgan fingerprint density at radius 1 is 0.929 bits per heavy atom. The summed E-state index contributed by atoms with van der Waals surface area (Å²) < 4.78 is 30.5. The molecule has 1 aliphatic rings. The van der Waals surface area contributed by atoms with E-state index in [9.17, 15) is 9.59 Å². The topological polar surface area (TPSA) is 97.6 Å². The van der Waals surface area contributed by atoms with Gasteiger partial charge in [-0.2, -0.15) is 0 Å². The van der Waals surface area contributed by atoms with Crippen molar-refractivity contribution in [2.45, 2.75) is 40.7 Å². The smallest absolute Gasteiger partial charge is 0.338 e. The van der Waals surface area contributed by atoms with Crippen LogP contribution in [0.15, 0.2) is 70.1 Å². The Kier molecular flexibility index (Phi) is 10.2. The van der Waals surface area contributed by atoms with Crippen molar-refractivity contribution < 1.29 is 28.5 Å². The van der Waals surface area contributed by atoms with Gasteiger partial charge in [0.05, 0.1) is 48.3 Å². The summed E-state index contributed by atoms with van der Waals surface area (Å²) >= 11 is 1.25. The van der Waals surface area contributed by atoms with Crippen LogP contribution in [0.4, 0.5) is 0 Å². The molecule has 0 spiro atoms. The fraction of sp³-hybridized carbons (Fsp3) is 0.344. The van der Waals surface area contributed by atoms with E-state index < -0.39 is 12.0 Å². The molecule has 2 heterocycles. The summed E-state index contributed by atoms with van der Waals surface area (Å²) in [5.74, 6) is 1.73. The second-order valence-electron chi connectivity index (χ2n) is 9.11. The Morgan fingerprint density at radius 3 is 2.24 bits per heavy atom. The molecule has 0 amide bonds. The number of hydrogen-bond donors (Lipinski definition) is 0. The van der Waals surface area contributed by atoms with Crippen LogP contribution in [0.5, 0.6) is 23.0 Å². The molecule has 0 N–H and O–H groups in total. The summed E-state index contributed by atoms with van der Waals surface area (Å²) in [6.07, 6.45) is 3.44. The molecule has 1 unspecified atom stereocenters. The number of rotatable bonds is 13. The van der Waals surface area contributed by atoms with Crippen LogP contribution < -0.4 is 33.8 Å². The molecule has 10 heteroatoms. The lowest BCUT2D eigenvalue weighted by Gasteiger charge is -2.25. The molecular weight excluding hydrogens is 556 g/mol. The maximum atomic E-state index is 14.0. The summed E-state index contributed by atoms with van der Waals surface area (Å²) in [5, 5.41) is 0. The van der Waals surface area contributed by atoms with Crippen LogP contribution in [0, 0.1) is 0 Å². The van der Waals surface area contributed by atoms with Gasteiger partial charge in [-0.25, -0.2) is 9.79 Å². The highest BCUT2D eigenvalue weighted by molar-refractivity contribution is 7.07. The largest absolute Gasteiger partial charge is 0.490 e. The molecule has 0 saturated heterocycles. The highest BCUT2D eigenvalue weighted by Gasteiger charge is 2.34.